The van der Waals surface area contributed by atoms with Gasteiger partial charge < -0.3 is 10.2 Å². The van der Waals surface area contributed by atoms with Crippen LogP contribution in [-0.2, 0) is 4.79 Å². The Morgan fingerprint density at radius 2 is 2.08 bits per heavy atom. The maximum atomic E-state index is 11.1. The second-order valence-corrected chi connectivity index (χ2v) is 4.15. The SMILES string of the molecule is CSCCCCNCC(=O)N(C)C. The molecule has 1 N–H and O–H groups in total. The van der Waals surface area contributed by atoms with E-state index in [9.17, 15) is 4.79 Å². The molecular weight excluding hydrogens is 184 g/mol. The topological polar surface area (TPSA) is 32.3 Å². The van der Waals surface area contributed by atoms with Crippen LogP contribution in [0.5, 0.6) is 0 Å². The molecule has 0 aliphatic carbocycles. The number of thioether (sulfide) groups is 1. The van der Waals surface area contributed by atoms with Gasteiger partial charge in [0, 0.05) is 14.1 Å². The van der Waals surface area contributed by atoms with E-state index in [0.717, 1.165) is 13.0 Å². The monoisotopic (exact) mass is 204 g/mol. The molecule has 4 heteroatoms. The van der Waals surface area contributed by atoms with E-state index in [1.54, 1.807) is 19.0 Å². The molecule has 0 atom stereocenters. The Morgan fingerprint density at radius 3 is 2.62 bits per heavy atom. The summed E-state index contributed by atoms with van der Waals surface area (Å²) in [5.74, 6) is 1.36. The van der Waals surface area contributed by atoms with E-state index in [2.05, 4.69) is 11.6 Å². The minimum Gasteiger partial charge on any atom is -0.348 e. The lowest BCUT2D eigenvalue weighted by molar-refractivity contribution is -0.127. The van der Waals surface area contributed by atoms with Crippen LogP contribution in [0.4, 0.5) is 0 Å². The second kappa shape index (κ2) is 8.38. The summed E-state index contributed by atoms with van der Waals surface area (Å²) in [6, 6.07) is 0. The Balaban J connectivity index is 3.12. The lowest BCUT2D eigenvalue weighted by Crippen LogP contribution is -2.33. The van der Waals surface area contributed by atoms with Gasteiger partial charge in [0.05, 0.1) is 6.54 Å². The molecule has 0 aromatic heterocycles. The zero-order chi connectivity index (χ0) is 10.1. The molecule has 0 aromatic rings. The number of amides is 1. The van der Waals surface area contributed by atoms with Crippen molar-refractivity contribution in [1.82, 2.24) is 10.2 Å². The van der Waals surface area contributed by atoms with Crippen molar-refractivity contribution < 1.29 is 4.79 Å². The van der Waals surface area contributed by atoms with E-state index in [1.165, 1.54) is 12.2 Å². The molecule has 0 rings (SSSR count). The van der Waals surface area contributed by atoms with Gasteiger partial charge >= 0.3 is 0 Å². The van der Waals surface area contributed by atoms with Crippen molar-refractivity contribution in [2.45, 2.75) is 12.8 Å². The first-order valence-electron chi connectivity index (χ1n) is 4.58. The van der Waals surface area contributed by atoms with E-state index in [1.807, 2.05) is 11.8 Å². The first-order valence-corrected chi connectivity index (χ1v) is 5.97. The number of nitrogens with one attached hydrogen (secondary N) is 1. The van der Waals surface area contributed by atoms with E-state index in [4.69, 9.17) is 0 Å². The average Bonchev–Trinajstić information content (AvgIpc) is 2.10. The summed E-state index contributed by atoms with van der Waals surface area (Å²) in [5, 5.41) is 3.12. The van der Waals surface area contributed by atoms with E-state index >= 15 is 0 Å². The predicted molar refractivity (Wildman–Crippen MR) is 59.2 cm³/mol. The summed E-state index contributed by atoms with van der Waals surface area (Å²) in [7, 11) is 3.55. The van der Waals surface area contributed by atoms with Gasteiger partial charge in [-0.25, -0.2) is 0 Å². The molecule has 0 aliphatic heterocycles. The highest BCUT2D eigenvalue weighted by Crippen LogP contribution is 1.97. The normalized spacial score (nSPS) is 10.1. The Kier molecular flexibility index (Phi) is 8.24. The third-order valence-corrected chi connectivity index (χ3v) is 2.42. The number of nitrogens with zero attached hydrogens (tertiary/aromatic N) is 1. The fourth-order valence-corrected chi connectivity index (χ4v) is 1.34. The number of hydrogen-bond acceptors (Lipinski definition) is 3. The van der Waals surface area contributed by atoms with Crippen molar-refractivity contribution in [2.24, 2.45) is 0 Å². The van der Waals surface area contributed by atoms with Crippen LogP contribution in [0.3, 0.4) is 0 Å². The Morgan fingerprint density at radius 1 is 1.38 bits per heavy atom. The van der Waals surface area contributed by atoms with Gasteiger partial charge in [0.15, 0.2) is 0 Å². The molecule has 0 radical (unpaired) electrons. The van der Waals surface area contributed by atoms with Gasteiger partial charge in [0.1, 0.15) is 0 Å². The van der Waals surface area contributed by atoms with Gasteiger partial charge in [-0.05, 0) is 31.4 Å². The Labute approximate surface area is 85.3 Å². The fourth-order valence-electron chi connectivity index (χ4n) is 0.850. The molecule has 0 saturated heterocycles. The largest absolute Gasteiger partial charge is 0.348 e. The number of likely N-dealkylation sites (N-methyl/N-ethyl adjacent to an activating group) is 1. The van der Waals surface area contributed by atoms with Gasteiger partial charge in [0.2, 0.25) is 5.91 Å². The van der Waals surface area contributed by atoms with Crippen LogP contribution in [0.25, 0.3) is 0 Å². The van der Waals surface area contributed by atoms with Crippen LogP contribution >= 0.6 is 11.8 Å². The summed E-state index contributed by atoms with van der Waals surface area (Å²) in [4.78, 5) is 12.7. The third kappa shape index (κ3) is 8.12. The van der Waals surface area contributed by atoms with Crippen molar-refractivity contribution in [2.75, 3.05) is 39.2 Å². The van der Waals surface area contributed by atoms with Gasteiger partial charge in [-0.3, -0.25) is 4.79 Å². The highest BCUT2D eigenvalue weighted by atomic mass is 32.2. The smallest absolute Gasteiger partial charge is 0.236 e. The van der Waals surface area contributed by atoms with Crippen LogP contribution < -0.4 is 5.32 Å². The molecule has 0 spiro atoms. The molecule has 0 bridgehead atoms. The summed E-state index contributed by atoms with van der Waals surface area (Å²) in [5.41, 5.74) is 0. The molecule has 0 aromatic carbocycles. The van der Waals surface area contributed by atoms with Crippen LogP contribution in [0, 0.1) is 0 Å². The number of hydrogen-bond donors (Lipinski definition) is 1. The minimum absolute atomic E-state index is 0.143. The number of carbonyl (C=O) groups is 1. The first-order chi connectivity index (χ1) is 6.18. The maximum Gasteiger partial charge on any atom is 0.236 e. The zero-order valence-electron chi connectivity index (χ0n) is 8.80. The summed E-state index contributed by atoms with van der Waals surface area (Å²) in [6.45, 7) is 1.41. The van der Waals surface area contributed by atoms with Gasteiger partial charge in [-0.2, -0.15) is 11.8 Å². The van der Waals surface area contributed by atoms with Crippen molar-refractivity contribution >= 4 is 17.7 Å². The van der Waals surface area contributed by atoms with Crippen molar-refractivity contribution in [3.63, 3.8) is 0 Å². The third-order valence-electron chi connectivity index (χ3n) is 1.73. The van der Waals surface area contributed by atoms with Crippen molar-refractivity contribution in [3.8, 4) is 0 Å². The van der Waals surface area contributed by atoms with E-state index in [0.29, 0.717) is 6.54 Å². The molecule has 13 heavy (non-hydrogen) atoms. The quantitative estimate of drug-likeness (QED) is 0.623. The van der Waals surface area contributed by atoms with E-state index < -0.39 is 0 Å². The molecular formula is C9H20N2OS. The summed E-state index contributed by atoms with van der Waals surface area (Å²) < 4.78 is 0. The highest BCUT2D eigenvalue weighted by molar-refractivity contribution is 7.98. The maximum absolute atomic E-state index is 11.1. The van der Waals surface area contributed by atoms with Gasteiger partial charge in [-0.1, -0.05) is 0 Å². The molecule has 0 unspecified atom stereocenters. The summed E-state index contributed by atoms with van der Waals surface area (Å²) in [6.07, 6.45) is 4.49. The number of unbranched alkanes of at least 4 members (excludes halogenated alkanes) is 1. The molecule has 0 saturated carbocycles. The van der Waals surface area contributed by atoms with Crippen LogP contribution in [-0.4, -0.2) is 50.0 Å². The van der Waals surface area contributed by atoms with Crippen LogP contribution in [0.1, 0.15) is 12.8 Å². The first kappa shape index (κ1) is 12.8. The van der Waals surface area contributed by atoms with Crippen molar-refractivity contribution in [3.05, 3.63) is 0 Å². The lowest BCUT2D eigenvalue weighted by atomic mass is 10.3. The average molecular weight is 204 g/mol. The standard InChI is InChI=1S/C9H20N2OS/c1-11(2)9(12)8-10-6-4-5-7-13-3/h10H,4-8H2,1-3H3. The van der Waals surface area contributed by atoms with Gasteiger partial charge in [0.25, 0.3) is 0 Å². The predicted octanol–water partition coefficient (Wildman–Crippen LogP) is 0.807. The summed E-state index contributed by atoms with van der Waals surface area (Å²) >= 11 is 1.87. The second-order valence-electron chi connectivity index (χ2n) is 3.16. The highest BCUT2D eigenvalue weighted by Gasteiger charge is 2.01. The number of rotatable bonds is 7. The molecule has 0 fully saturated rings. The van der Waals surface area contributed by atoms with E-state index in [-0.39, 0.29) is 5.91 Å². The molecule has 78 valence electrons. The Hall–Kier alpha value is -0.220. The van der Waals surface area contributed by atoms with Crippen molar-refractivity contribution in [1.29, 1.82) is 0 Å². The number of carbonyl (C=O) groups excluding carboxylic acids is 1. The minimum atomic E-state index is 0.143. The lowest BCUT2D eigenvalue weighted by Gasteiger charge is -2.10. The van der Waals surface area contributed by atoms with Crippen LogP contribution in [0.15, 0.2) is 0 Å². The Bertz CT molecular complexity index is 140. The molecule has 1 amide bonds. The zero-order valence-corrected chi connectivity index (χ0v) is 9.62. The molecule has 0 heterocycles. The van der Waals surface area contributed by atoms with Crippen LogP contribution in [0.2, 0.25) is 0 Å². The molecule has 0 aliphatic rings. The molecule has 3 nitrogen and oxygen atoms in total. The van der Waals surface area contributed by atoms with Gasteiger partial charge in [-0.15, -0.1) is 0 Å². The fraction of sp³-hybridized carbons (Fsp3) is 0.889.